The Kier molecular flexibility index (Phi) is 3.15. The monoisotopic (exact) mass is 264 g/mol. The van der Waals surface area contributed by atoms with E-state index in [1.54, 1.807) is 0 Å². The molecule has 1 heterocycles. The van der Waals surface area contributed by atoms with Crippen molar-refractivity contribution in [1.82, 2.24) is 4.98 Å². The molecule has 0 aliphatic heterocycles. The molecular weight excluding hydrogens is 258 g/mol. The number of rotatable bonds is 2. The summed E-state index contributed by atoms with van der Waals surface area (Å²) in [7, 11) is 0. The summed E-state index contributed by atoms with van der Waals surface area (Å²) in [5.41, 5.74) is 4.83. The third-order valence-corrected chi connectivity index (χ3v) is 2.33. The fraction of sp³-hybridized carbons (Fsp3) is 0.250. The minimum absolute atomic E-state index is 0.0289. The third kappa shape index (κ3) is 2.06. The molecule has 2 N–H and O–H groups in total. The molecule has 0 saturated heterocycles. The summed E-state index contributed by atoms with van der Waals surface area (Å²) in [6, 6.07) is 1.19. The van der Waals surface area contributed by atoms with Crippen molar-refractivity contribution in [3.8, 4) is 0 Å². The van der Waals surface area contributed by atoms with Crippen molar-refractivity contribution in [2.24, 2.45) is 5.73 Å². The Bertz CT molecular complexity index is 359. The predicted molar refractivity (Wildman–Crippen MR) is 50.1 cm³/mol. The Morgan fingerprint density at radius 1 is 1.64 bits per heavy atom. The van der Waals surface area contributed by atoms with E-state index in [0.717, 1.165) is 0 Å². The minimum atomic E-state index is -2.63. The second-order valence-electron chi connectivity index (χ2n) is 2.65. The number of carbonyl (C=O) groups excluding carboxylic acids is 1. The number of nitrogens with two attached hydrogens (primary N) is 1. The molecule has 0 saturated carbocycles. The number of primary amides is 1. The van der Waals surface area contributed by atoms with Gasteiger partial charge in [-0.15, -0.1) is 0 Å². The van der Waals surface area contributed by atoms with Gasteiger partial charge in [0.05, 0.1) is 5.56 Å². The standard InChI is InChI=1S/C8H7BrF2N2O/c1-3-6(7(10)11)4(9)2-5(13-3)8(12)14/h2,7H,1H3,(H2,12,14). The van der Waals surface area contributed by atoms with E-state index >= 15 is 0 Å². The van der Waals surface area contributed by atoms with E-state index < -0.39 is 12.3 Å². The Balaban J connectivity index is 3.32. The van der Waals surface area contributed by atoms with E-state index in [9.17, 15) is 13.6 Å². The van der Waals surface area contributed by atoms with Crippen molar-refractivity contribution < 1.29 is 13.6 Å². The molecule has 0 atom stereocenters. The molecule has 1 aromatic heterocycles. The summed E-state index contributed by atoms with van der Waals surface area (Å²) in [5, 5.41) is 0. The highest BCUT2D eigenvalue weighted by Crippen LogP contribution is 2.29. The molecule has 0 aliphatic rings. The minimum Gasteiger partial charge on any atom is -0.364 e. The SMILES string of the molecule is Cc1nc(C(N)=O)cc(Br)c1C(F)F. The van der Waals surface area contributed by atoms with Crippen LogP contribution < -0.4 is 5.73 Å². The summed E-state index contributed by atoms with van der Waals surface area (Å²) in [4.78, 5) is 14.4. The molecule has 0 aliphatic carbocycles. The van der Waals surface area contributed by atoms with Gasteiger partial charge in [-0.3, -0.25) is 4.79 Å². The number of aryl methyl sites for hydroxylation is 1. The van der Waals surface area contributed by atoms with Crippen LogP contribution in [0.4, 0.5) is 8.78 Å². The first-order valence-corrected chi connectivity index (χ1v) is 4.47. The van der Waals surface area contributed by atoms with Crippen LogP contribution >= 0.6 is 15.9 Å². The van der Waals surface area contributed by atoms with Crippen LogP contribution in [0, 0.1) is 6.92 Å². The lowest BCUT2D eigenvalue weighted by molar-refractivity contribution is 0.0994. The number of amides is 1. The van der Waals surface area contributed by atoms with Crippen molar-refractivity contribution in [1.29, 1.82) is 0 Å². The van der Waals surface area contributed by atoms with Crippen LogP contribution in [0.2, 0.25) is 0 Å². The van der Waals surface area contributed by atoms with Gasteiger partial charge in [-0.25, -0.2) is 13.8 Å². The molecule has 0 spiro atoms. The van der Waals surface area contributed by atoms with Gasteiger partial charge in [-0.05, 0) is 13.0 Å². The molecule has 0 radical (unpaired) electrons. The smallest absolute Gasteiger partial charge is 0.267 e. The van der Waals surface area contributed by atoms with Crippen molar-refractivity contribution >= 4 is 21.8 Å². The van der Waals surface area contributed by atoms with Gasteiger partial charge in [0.15, 0.2) is 0 Å². The zero-order valence-electron chi connectivity index (χ0n) is 7.22. The molecule has 1 aromatic rings. The molecule has 14 heavy (non-hydrogen) atoms. The summed E-state index contributed by atoms with van der Waals surface area (Å²) in [5.74, 6) is -0.741. The van der Waals surface area contributed by atoms with Crippen LogP contribution in [-0.4, -0.2) is 10.9 Å². The first-order valence-electron chi connectivity index (χ1n) is 3.68. The lowest BCUT2D eigenvalue weighted by atomic mass is 10.2. The average molecular weight is 265 g/mol. The van der Waals surface area contributed by atoms with E-state index in [2.05, 4.69) is 20.9 Å². The van der Waals surface area contributed by atoms with Crippen LogP contribution in [0.15, 0.2) is 10.5 Å². The predicted octanol–water partition coefficient (Wildman–Crippen LogP) is 2.19. The Morgan fingerprint density at radius 2 is 2.21 bits per heavy atom. The Labute approximate surface area is 87.4 Å². The zero-order valence-corrected chi connectivity index (χ0v) is 8.81. The van der Waals surface area contributed by atoms with Crippen LogP contribution in [-0.2, 0) is 0 Å². The maximum Gasteiger partial charge on any atom is 0.267 e. The molecule has 0 bridgehead atoms. The van der Waals surface area contributed by atoms with Crippen molar-refractivity contribution in [2.45, 2.75) is 13.3 Å². The maximum atomic E-state index is 12.4. The molecule has 0 fully saturated rings. The number of nitrogens with zero attached hydrogens (tertiary/aromatic N) is 1. The third-order valence-electron chi connectivity index (χ3n) is 1.67. The van der Waals surface area contributed by atoms with Gasteiger partial charge in [-0.1, -0.05) is 15.9 Å². The molecule has 0 unspecified atom stereocenters. The second kappa shape index (κ2) is 4.00. The largest absolute Gasteiger partial charge is 0.364 e. The summed E-state index contributed by atoms with van der Waals surface area (Å²) in [6.07, 6.45) is -2.63. The number of hydrogen-bond donors (Lipinski definition) is 1. The Hall–Kier alpha value is -1.04. The highest BCUT2D eigenvalue weighted by molar-refractivity contribution is 9.10. The topological polar surface area (TPSA) is 56.0 Å². The molecular formula is C8H7BrF2N2O. The van der Waals surface area contributed by atoms with Crippen LogP contribution in [0.25, 0.3) is 0 Å². The molecule has 1 rings (SSSR count). The van der Waals surface area contributed by atoms with Crippen molar-refractivity contribution in [2.75, 3.05) is 0 Å². The molecule has 0 aromatic carbocycles. The number of carbonyl (C=O) groups is 1. The fourth-order valence-electron chi connectivity index (χ4n) is 1.03. The van der Waals surface area contributed by atoms with Crippen LogP contribution in [0.3, 0.4) is 0 Å². The maximum absolute atomic E-state index is 12.4. The summed E-state index contributed by atoms with van der Waals surface area (Å²) < 4.78 is 25.0. The fourth-order valence-corrected chi connectivity index (χ4v) is 1.71. The molecule has 6 heteroatoms. The van der Waals surface area contributed by atoms with E-state index in [0.29, 0.717) is 0 Å². The second-order valence-corrected chi connectivity index (χ2v) is 3.51. The number of aromatic nitrogens is 1. The van der Waals surface area contributed by atoms with Crippen molar-refractivity contribution in [3.63, 3.8) is 0 Å². The summed E-state index contributed by atoms with van der Waals surface area (Å²) >= 11 is 2.94. The van der Waals surface area contributed by atoms with Crippen LogP contribution in [0.5, 0.6) is 0 Å². The van der Waals surface area contributed by atoms with Gasteiger partial charge in [0.1, 0.15) is 5.69 Å². The van der Waals surface area contributed by atoms with Gasteiger partial charge in [0.2, 0.25) is 0 Å². The van der Waals surface area contributed by atoms with Gasteiger partial charge < -0.3 is 5.73 Å². The first kappa shape index (κ1) is 11.0. The molecule has 3 nitrogen and oxygen atoms in total. The zero-order chi connectivity index (χ0) is 10.9. The normalized spacial score (nSPS) is 10.6. The van der Waals surface area contributed by atoms with E-state index in [1.165, 1.54) is 13.0 Å². The number of hydrogen-bond acceptors (Lipinski definition) is 2. The van der Waals surface area contributed by atoms with Gasteiger partial charge in [0.25, 0.3) is 12.3 Å². The lowest BCUT2D eigenvalue weighted by Gasteiger charge is -2.07. The van der Waals surface area contributed by atoms with Gasteiger partial charge in [0, 0.05) is 10.2 Å². The molecule has 76 valence electrons. The van der Waals surface area contributed by atoms with Gasteiger partial charge >= 0.3 is 0 Å². The van der Waals surface area contributed by atoms with Crippen molar-refractivity contribution in [3.05, 3.63) is 27.5 Å². The van der Waals surface area contributed by atoms with Crippen LogP contribution in [0.1, 0.15) is 28.2 Å². The van der Waals surface area contributed by atoms with E-state index in [-0.39, 0.29) is 21.4 Å². The lowest BCUT2D eigenvalue weighted by Crippen LogP contribution is -2.14. The Morgan fingerprint density at radius 3 is 2.57 bits per heavy atom. The highest BCUT2D eigenvalue weighted by atomic mass is 79.9. The summed E-state index contributed by atoms with van der Waals surface area (Å²) in [6.45, 7) is 1.40. The first-order chi connectivity index (χ1) is 6.43. The number of alkyl halides is 2. The number of halogens is 3. The van der Waals surface area contributed by atoms with E-state index in [1.807, 2.05) is 0 Å². The van der Waals surface area contributed by atoms with Gasteiger partial charge in [-0.2, -0.15) is 0 Å². The molecule has 1 amide bonds. The number of pyridine rings is 1. The van der Waals surface area contributed by atoms with E-state index in [4.69, 9.17) is 5.73 Å². The quantitative estimate of drug-likeness (QED) is 0.891. The average Bonchev–Trinajstić information content (AvgIpc) is 2.01. The highest BCUT2D eigenvalue weighted by Gasteiger charge is 2.18.